The van der Waals surface area contributed by atoms with E-state index in [1.165, 1.54) is 21.1 Å². The van der Waals surface area contributed by atoms with E-state index in [9.17, 15) is 14.4 Å². The van der Waals surface area contributed by atoms with Gasteiger partial charge >= 0.3 is 11.9 Å². The van der Waals surface area contributed by atoms with Gasteiger partial charge in [-0.2, -0.15) is 0 Å². The zero-order valence-electron chi connectivity index (χ0n) is 15.3. The molecule has 0 fully saturated rings. The summed E-state index contributed by atoms with van der Waals surface area (Å²) >= 11 is 0. The van der Waals surface area contributed by atoms with Gasteiger partial charge in [0.05, 0.1) is 31.0 Å². The SMILES string of the molecule is COC(=O)c1c(C(C)C)cc(C(C)C)c(NC(C)=O)c1C(=O)OC. The minimum Gasteiger partial charge on any atom is -0.465 e. The van der Waals surface area contributed by atoms with E-state index in [0.717, 1.165) is 5.56 Å². The zero-order valence-corrected chi connectivity index (χ0v) is 15.3. The number of anilines is 1. The lowest BCUT2D eigenvalue weighted by molar-refractivity contribution is -0.114. The Hall–Kier alpha value is -2.37. The number of hydrogen-bond acceptors (Lipinski definition) is 5. The first-order valence-electron chi connectivity index (χ1n) is 7.80. The van der Waals surface area contributed by atoms with Crippen LogP contribution in [-0.4, -0.2) is 32.1 Å². The third kappa shape index (κ3) is 3.93. The molecule has 0 saturated heterocycles. The monoisotopic (exact) mass is 335 g/mol. The van der Waals surface area contributed by atoms with E-state index in [1.807, 2.05) is 33.8 Å². The average Bonchev–Trinajstić information content (AvgIpc) is 2.51. The summed E-state index contributed by atoms with van der Waals surface area (Å²) in [6, 6.07) is 1.85. The Morgan fingerprint density at radius 2 is 1.33 bits per heavy atom. The molecule has 24 heavy (non-hydrogen) atoms. The van der Waals surface area contributed by atoms with Gasteiger partial charge in [0.15, 0.2) is 0 Å². The summed E-state index contributed by atoms with van der Waals surface area (Å²) in [4.78, 5) is 36.4. The predicted octanol–water partition coefficient (Wildman–Crippen LogP) is 3.47. The van der Waals surface area contributed by atoms with Crippen LogP contribution >= 0.6 is 0 Å². The Bertz CT molecular complexity index is 662. The van der Waals surface area contributed by atoms with Crippen molar-refractivity contribution in [1.82, 2.24) is 0 Å². The lowest BCUT2D eigenvalue weighted by Crippen LogP contribution is -2.21. The van der Waals surface area contributed by atoms with Crippen LogP contribution in [0.5, 0.6) is 0 Å². The molecule has 6 heteroatoms. The number of amides is 1. The van der Waals surface area contributed by atoms with Gasteiger partial charge in [-0.15, -0.1) is 0 Å². The Morgan fingerprint density at radius 3 is 1.71 bits per heavy atom. The number of esters is 2. The van der Waals surface area contributed by atoms with E-state index in [4.69, 9.17) is 9.47 Å². The molecule has 1 aromatic carbocycles. The molecule has 0 aromatic heterocycles. The minimum absolute atomic E-state index is 0.0219. The molecule has 0 aliphatic rings. The summed E-state index contributed by atoms with van der Waals surface area (Å²) < 4.78 is 9.73. The van der Waals surface area contributed by atoms with Crippen molar-refractivity contribution in [3.63, 3.8) is 0 Å². The molecule has 1 N–H and O–H groups in total. The van der Waals surface area contributed by atoms with Crippen LogP contribution in [-0.2, 0) is 14.3 Å². The number of methoxy groups -OCH3 is 2. The lowest BCUT2D eigenvalue weighted by Gasteiger charge is -2.23. The molecule has 1 rings (SSSR count). The van der Waals surface area contributed by atoms with Crippen molar-refractivity contribution >= 4 is 23.5 Å². The van der Waals surface area contributed by atoms with Crippen LogP contribution in [0.15, 0.2) is 6.07 Å². The maximum Gasteiger partial charge on any atom is 0.340 e. The van der Waals surface area contributed by atoms with E-state index in [2.05, 4.69) is 5.32 Å². The van der Waals surface area contributed by atoms with E-state index >= 15 is 0 Å². The van der Waals surface area contributed by atoms with Crippen molar-refractivity contribution in [1.29, 1.82) is 0 Å². The van der Waals surface area contributed by atoms with Crippen molar-refractivity contribution in [2.24, 2.45) is 0 Å². The first-order valence-corrected chi connectivity index (χ1v) is 7.80. The summed E-state index contributed by atoms with van der Waals surface area (Å²) in [5.41, 5.74) is 1.91. The number of carbonyl (C=O) groups excluding carboxylic acids is 3. The normalized spacial score (nSPS) is 10.7. The maximum absolute atomic E-state index is 12.4. The average molecular weight is 335 g/mol. The maximum atomic E-state index is 12.4. The quantitative estimate of drug-likeness (QED) is 0.833. The molecule has 0 atom stereocenters. The molecule has 0 saturated carbocycles. The Balaban J connectivity index is 3.99. The summed E-state index contributed by atoms with van der Waals surface area (Å²) in [6.07, 6.45) is 0. The molecule has 0 spiro atoms. The van der Waals surface area contributed by atoms with Crippen molar-refractivity contribution in [2.75, 3.05) is 19.5 Å². The van der Waals surface area contributed by atoms with E-state index in [0.29, 0.717) is 11.3 Å². The molecule has 0 radical (unpaired) electrons. The predicted molar refractivity (Wildman–Crippen MR) is 91.6 cm³/mol. The van der Waals surface area contributed by atoms with E-state index in [-0.39, 0.29) is 28.9 Å². The number of ether oxygens (including phenoxy) is 2. The molecule has 0 aliphatic carbocycles. The first kappa shape index (κ1) is 19.7. The van der Waals surface area contributed by atoms with Gasteiger partial charge in [-0.1, -0.05) is 33.8 Å². The van der Waals surface area contributed by atoms with Crippen LogP contribution in [0, 0.1) is 0 Å². The van der Waals surface area contributed by atoms with E-state index < -0.39 is 11.9 Å². The molecular formula is C18H25NO5. The first-order chi connectivity index (χ1) is 11.1. The lowest BCUT2D eigenvalue weighted by atomic mass is 9.86. The zero-order chi connectivity index (χ0) is 18.6. The highest BCUT2D eigenvalue weighted by Crippen LogP contribution is 2.36. The smallest absolute Gasteiger partial charge is 0.340 e. The van der Waals surface area contributed by atoms with E-state index in [1.54, 1.807) is 0 Å². The second-order valence-electron chi connectivity index (χ2n) is 6.15. The van der Waals surface area contributed by atoms with Crippen LogP contribution < -0.4 is 5.32 Å². The number of hydrogen-bond donors (Lipinski definition) is 1. The standard InChI is InChI=1S/C18H25NO5/c1-9(2)12-8-13(10(3)4)16(19-11(5)20)15(18(22)24-7)14(12)17(21)23-6/h8-10H,1-7H3,(H,19,20). The summed E-state index contributed by atoms with van der Waals surface area (Å²) in [6.45, 7) is 9.09. The molecule has 1 aromatic rings. The third-order valence-electron chi connectivity index (χ3n) is 3.71. The molecular weight excluding hydrogens is 310 g/mol. The van der Waals surface area contributed by atoms with Crippen molar-refractivity contribution in [3.8, 4) is 0 Å². The van der Waals surface area contributed by atoms with Crippen LogP contribution in [0.4, 0.5) is 5.69 Å². The second-order valence-corrected chi connectivity index (χ2v) is 6.15. The molecule has 0 bridgehead atoms. The minimum atomic E-state index is -0.691. The number of rotatable bonds is 5. The third-order valence-corrected chi connectivity index (χ3v) is 3.71. The Labute approximate surface area is 142 Å². The highest BCUT2D eigenvalue weighted by atomic mass is 16.5. The van der Waals surface area contributed by atoms with Crippen molar-refractivity contribution < 1.29 is 23.9 Å². The summed E-state index contributed by atoms with van der Waals surface area (Å²) in [7, 11) is 2.49. The number of benzene rings is 1. The largest absolute Gasteiger partial charge is 0.465 e. The number of carbonyl (C=O) groups is 3. The van der Waals surface area contributed by atoms with Gasteiger partial charge in [-0.3, -0.25) is 4.79 Å². The van der Waals surface area contributed by atoms with Crippen molar-refractivity contribution in [2.45, 2.75) is 46.5 Å². The van der Waals surface area contributed by atoms with Gasteiger partial charge in [0.2, 0.25) is 5.91 Å². The summed E-state index contributed by atoms with van der Waals surface area (Å²) in [5.74, 6) is -1.66. The fourth-order valence-corrected chi connectivity index (χ4v) is 2.58. The van der Waals surface area contributed by atoms with Gasteiger partial charge in [0.1, 0.15) is 0 Å². The van der Waals surface area contributed by atoms with Crippen LogP contribution in [0.3, 0.4) is 0 Å². The fourth-order valence-electron chi connectivity index (χ4n) is 2.58. The van der Waals surface area contributed by atoms with Gasteiger partial charge in [-0.05, 0) is 23.0 Å². The molecule has 0 heterocycles. The molecule has 0 aliphatic heterocycles. The summed E-state index contributed by atoms with van der Waals surface area (Å²) in [5, 5.41) is 2.68. The molecule has 132 valence electrons. The van der Waals surface area contributed by atoms with Gasteiger partial charge in [-0.25, -0.2) is 9.59 Å². The van der Waals surface area contributed by atoms with Gasteiger partial charge < -0.3 is 14.8 Å². The molecule has 6 nitrogen and oxygen atoms in total. The fraction of sp³-hybridized carbons (Fsp3) is 0.500. The molecule has 1 amide bonds. The van der Waals surface area contributed by atoms with Gasteiger partial charge in [0.25, 0.3) is 0 Å². The second kappa shape index (κ2) is 7.95. The Kier molecular flexibility index (Phi) is 6.51. The van der Waals surface area contributed by atoms with Gasteiger partial charge in [0, 0.05) is 6.92 Å². The number of nitrogens with one attached hydrogen (secondary N) is 1. The van der Waals surface area contributed by atoms with Crippen molar-refractivity contribution in [3.05, 3.63) is 28.3 Å². The topological polar surface area (TPSA) is 81.7 Å². The highest BCUT2D eigenvalue weighted by molar-refractivity contribution is 6.11. The van der Waals surface area contributed by atoms with Crippen LogP contribution in [0.2, 0.25) is 0 Å². The molecule has 0 unspecified atom stereocenters. The van der Waals surface area contributed by atoms with Crippen LogP contribution in [0.25, 0.3) is 0 Å². The van der Waals surface area contributed by atoms with Crippen LogP contribution in [0.1, 0.15) is 78.3 Å². The highest BCUT2D eigenvalue weighted by Gasteiger charge is 2.30. The Morgan fingerprint density at radius 1 is 0.875 bits per heavy atom.